The average molecular weight is 372 g/mol. The number of carboxylic acids is 1. The summed E-state index contributed by atoms with van der Waals surface area (Å²) >= 11 is 6.10. The topological polar surface area (TPSA) is 96.6 Å². The van der Waals surface area contributed by atoms with Crippen LogP contribution in [-0.4, -0.2) is 25.5 Å². The predicted molar refractivity (Wildman–Crippen MR) is 90.0 cm³/mol. The lowest BCUT2D eigenvalue weighted by atomic mass is 10.0. The van der Waals surface area contributed by atoms with Crippen LogP contribution >= 0.6 is 11.6 Å². The van der Waals surface area contributed by atoms with Gasteiger partial charge < -0.3 is 9.52 Å². The van der Waals surface area contributed by atoms with Crippen molar-refractivity contribution in [1.29, 1.82) is 0 Å². The number of rotatable bonds is 7. The molecule has 0 saturated carbocycles. The summed E-state index contributed by atoms with van der Waals surface area (Å²) in [5.74, 6) is -0.497. The van der Waals surface area contributed by atoms with Crippen LogP contribution in [0.15, 0.2) is 39.8 Å². The van der Waals surface area contributed by atoms with Crippen LogP contribution in [0.3, 0.4) is 0 Å². The van der Waals surface area contributed by atoms with E-state index in [9.17, 15) is 18.3 Å². The third-order valence-corrected chi connectivity index (χ3v) is 5.41. The Labute approximate surface area is 145 Å². The molecule has 24 heavy (non-hydrogen) atoms. The molecule has 0 fully saturated rings. The number of carbonyl (C=O) groups is 1. The minimum absolute atomic E-state index is 0.0115. The largest absolute Gasteiger partial charge is 0.478 e. The van der Waals surface area contributed by atoms with E-state index in [2.05, 4.69) is 4.72 Å². The number of halogens is 1. The Balaban J connectivity index is 2.40. The van der Waals surface area contributed by atoms with Gasteiger partial charge in [0.2, 0.25) is 10.0 Å². The summed E-state index contributed by atoms with van der Waals surface area (Å²) in [5, 5.41) is 9.39. The van der Waals surface area contributed by atoms with Gasteiger partial charge in [0, 0.05) is 12.5 Å². The maximum atomic E-state index is 12.3. The quantitative estimate of drug-likeness (QED) is 0.779. The van der Waals surface area contributed by atoms with Crippen molar-refractivity contribution in [3.05, 3.63) is 52.4 Å². The van der Waals surface area contributed by atoms with Gasteiger partial charge in [-0.3, -0.25) is 0 Å². The molecule has 8 heteroatoms. The standard InChI is InChI=1S/C16H18ClNO5S/c1-10(2)18-24(21,22)15-9-13(16(19)20)11(8-14(15)17)5-6-12-4-3-7-23-12/h3-4,7-10,18H,5-6H2,1-2H3,(H,19,20). The molecule has 0 atom stereocenters. The van der Waals surface area contributed by atoms with Crippen molar-refractivity contribution >= 4 is 27.6 Å². The molecule has 0 spiro atoms. The normalized spacial score (nSPS) is 11.8. The van der Waals surface area contributed by atoms with Gasteiger partial charge in [-0.1, -0.05) is 11.6 Å². The van der Waals surface area contributed by atoms with Gasteiger partial charge in [0.15, 0.2) is 0 Å². The van der Waals surface area contributed by atoms with Gasteiger partial charge in [0.1, 0.15) is 10.7 Å². The van der Waals surface area contributed by atoms with Crippen molar-refractivity contribution < 1.29 is 22.7 Å². The minimum atomic E-state index is -3.88. The molecule has 0 unspecified atom stereocenters. The highest BCUT2D eigenvalue weighted by atomic mass is 35.5. The van der Waals surface area contributed by atoms with Gasteiger partial charge in [-0.15, -0.1) is 0 Å². The SMILES string of the molecule is CC(C)NS(=O)(=O)c1cc(C(=O)O)c(CCc2ccco2)cc1Cl. The highest BCUT2D eigenvalue weighted by molar-refractivity contribution is 7.89. The van der Waals surface area contributed by atoms with E-state index in [0.29, 0.717) is 24.2 Å². The molecule has 0 bridgehead atoms. The first-order valence-corrected chi connectivity index (χ1v) is 9.17. The van der Waals surface area contributed by atoms with Crippen LogP contribution in [0.2, 0.25) is 5.02 Å². The number of hydrogen-bond acceptors (Lipinski definition) is 4. The summed E-state index contributed by atoms with van der Waals surface area (Å²) in [5.41, 5.74) is 0.363. The summed E-state index contributed by atoms with van der Waals surface area (Å²) in [6, 6.07) is 5.69. The van der Waals surface area contributed by atoms with Crippen LogP contribution in [0, 0.1) is 0 Å². The van der Waals surface area contributed by atoms with E-state index in [4.69, 9.17) is 16.0 Å². The molecule has 0 aliphatic heterocycles. The number of hydrogen-bond donors (Lipinski definition) is 2. The van der Waals surface area contributed by atoms with Crippen molar-refractivity contribution in [1.82, 2.24) is 4.72 Å². The van der Waals surface area contributed by atoms with Gasteiger partial charge in [-0.05, 0) is 50.1 Å². The molecule has 1 heterocycles. The van der Waals surface area contributed by atoms with Crippen LogP contribution in [-0.2, 0) is 22.9 Å². The maximum absolute atomic E-state index is 12.3. The second kappa shape index (κ2) is 7.38. The Hall–Kier alpha value is -1.83. The van der Waals surface area contributed by atoms with E-state index in [1.165, 1.54) is 12.3 Å². The molecule has 1 aromatic carbocycles. The molecule has 2 aromatic rings. The number of nitrogens with one attached hydrogen (secondary N) is 1. The monoisotopic (exact) mass is 371 g/mol. The Bertz CT molecular complexity index is 828. The number of aryl methyl sites for hydroxylation is 2. The molecule has 1 aromatic heterocycles. The molecule has 0 aliphatic rings. The molecule has 0 radical (unpaired) electrons. The third kappa shape index (κ3) is 4.37. The Morgan fingerprint density at radius 2 is 2.04 bits per heavy atom. The highest BCUT2D eigenvalue weighted by Gasteiger charge is 2.23. The Morgan fingerprint density at radius 3 is 2.58 bits per heavy atom. The van der Waals surface area contributed by atoms with Gasteiger partial charge in [-0.2, -0.15) is 0 Å². The first kappa shape index (κ1) is 18.5. The van der Waals surface area contributed by atoms with E-state index >= 15 is 0 Å². The van der Waals surface area contributed by atoms with Crippen LogP contribution < -0.4 is 4.72 Å². The molecule has 2 rings (SSSR count). The Kier molecular flexibility index (Phi) is 5.69. The second-order valence-corrected chi connectivity index (χ2v) is 7.69. The number of carboxylic acid groups (broad SMARTS) is 1. The zero-order valence-electron chi connectivity index (χ0n) is 13.2. The fourth-order valence-corrected chi connectivity index (χ4v) is 4.12. The van der Waals surface area contributed by atoms with Gasteiger partial charge in [0.05, 0.1) is 16.8 Å². The number of aromatic carboxylic acids is 1. The van der Waals surface area contributed by atoms with Crippen molar-refractivity contribution in [2.75, 3.05) is 0 Å². The lowest BCUT2D eigenvalue weighted by Crippen LogP contribution is -2.30. The predicted octanol–water partition coefficient (Wildman–Crippen LogP) is 3.10. The zero-order chi connectivity index (χ0) is 17.9. The summed E-state index contributed by atoms with van der Waals surface area (Å²) in [4.78, 5) is 11.3. The first-order chi connectivity index (χ1) is 11.2. The van der Waals surface area contributed by atoms with Crippen molar-refractivity contribution in [2.45, 2.75) is 37.6 Å². The van der Waals surface area contributed by atoms with E-state index in [0.717, 1.165) is 6.07 Å². The van der Waals surface area contributed by atoms with Gasteiger partial charge in [-0.25, -0.2) is 17.9 Å². The second-order valence-electron chi connectivity index (χ2n) is 5.60. The molecule has 0 aliphatic carbocycles. The molecule has 0 saturated heterocycles. The van der Waals surface area contributed by atoms with E-state index in [-0.39, 0.29) is 21.5 Å². The van der Waals surface area contributed by atoms with Crippen molar-refractivity contribution in [2.24, 2.45) is 0 Å². The first-order valence-electron chi connectivity index (χ1n) is 7.31. The van der Waals surface area contributed by atoms with E-state index in [1.54, 1.807) is 26.0 Å². The van der Waals surface area contributed by atoms with Crippen LogP contribution in [0.5, 0.6) is 0 Å². The fourth-order valence-electron chi connectivity index (χ4n) is 2.29. The van der Waals surface area contributed by atoms with Crippen LogP contribution in [0.25, 0.3) is 0 Å². The molecular formula is C16H18ClNO5S. The van der Waals surface area contributed by atoms with E-state index < -0.39 is 16.0 Å². The molecular weight excluding hydrogens is 354 g/mol. The van der Waals surface area contributed by atoms with Crippen LogP contribution in [0.4, 0.5) is 0 Å². The van der Waals surface area contributed by atoms with Crippen LogP contribution in [0.1, 0.15) is 35.5 Å². The summed E-state index contributed by atoms with van der Waals surface area (Å²) in [6.07, 6.45) is 2.39. The molecule has 130 valence electrons. The molecule has 0 amide bonds. The zero-order valence-corrected chi connectivity index (χ0v) is 14.8. The molecule has 6 nitrogen and oxygen atoms in total. The average Bonchev–Trinajstić information content (AvgIpc) is 2.96. The summed E-state index contributed by atoms with van der Waals surface area (Å²) in [7, 11) is -3.88. The number of furan rings is 1. The van der Waals surface area contributed by atoms with E-state index in [1.807, 2.05) is 0 Å². The third-order valence-electron chi connectivity index (χ3n) is 3.29. The number of sulfonamides is 1. The highest BCUT2D eigenvalue weighted by Crippen LogP contribution is 2.27. The summed E-state index contributed by atoms with van der Waals surface area (Å²) in [6.45, 7) is 3.34. The summed E-state index contributed by atoms with van der Waals surface area (Å²) < 4.78 is 32.2. The van der Waals surface area contributed by atoms with Crippen molar-refractivity contribution in [3.63, 3.8) is 0 Å². The lowest BCUT2D eigenvalue weighted by Gasteiger charge is -2.14. The van der Waals surface area contributed by atoms with Crippen molar-refractivity contribution in [3.8, 4) is 0 Å². The number of benzene rings is 1. The van der Waals surface area contributed by atoms with Gasteiger partial charge >= 0.3 is 5.97 Å². The smallest absolute Gasteiger partial charge is 0.336 e. The molecule has 2 N–H and O–H groups in total. The minimum Gasteiger partial charge on any atom is -0.478 e. The lowest BCUT2D eigenvalue weighted by molar-refractivity contribution is 0.0695. The maximum Gasteiger partial charge on any atom is 0.336 e. The Morgan fingerprint density at radius 1 is 1.33 bits per heavy atom. The van der Waals surface area contributed by atoms with Gasteiger partial charge in [0.25, 0.3) is 0 Å². The fraction of sp³-hybridized carbons (Fsp3) is 0.312.